The van der Waals surface area contributed by atoms with Gasteiger partial charge in [0.2, 0.25) is 5.91 Å². The van der Waals surface area contributed by atoms with Crippen LogP contribution in [0.2, 0.25) is 5.15 Å². The molecule has 1 atom stereocenters. The predicted molar refractivity (Wildman–Crippen MR) is 135 cm³/mol. The number of halogens is 1. The lowest BCUT2D eigenvalue weighted by atomic mass is 9.95. The Morgan fingerprint density at radius 2 is 1.73 bits per heavy atom. The number of aromatic nitrogens is 2. The molecule has 8 heteroatoms. The highest BCUT2D eigenvalue weighted by atomic mass is 35.5. The van der Waals surface area contributed by atoms with E-state index in [0.717, 1.165) is 16.5 Å². The largest absolute Gasteiger partial charge is 0.480 e. The van der Waals surface area contributed by atoms with E-state index >= 15 is 0 Å². The Morgan fingerprint density at radius 1 is 1.09 bits per heavy atom. The number of thioether (sulfide) groups is 1. The molecule has 0 bridgehead atoms. The van der Waals surface area contributed by atoms with Gasteiger partial charge in [0.1, 0.15) is 11.2 Å². The highest BCUT2D eigenvalue weighted by Gasteiger charge is 2.35. The van der Waals surface area contributed by atoms with Crippen molar-refractivity contribution in [1.82, 2.24) is 14.9 Å². The second-order valence-electron chi connectivity index (χ2n) is 9.22. The molecule has 2 N–H and O–H groups in total. The van der Waals surface area contributed by atoms with Gasteiger partial charge in [0.25, 0.3) is 0 Å². The zero-order chi connectivity index (χ0) is 24.5. The molecular formula is C25H30ClN3O3S. The second kappa shape index (κ2) is 9.77. The minimum absolute atomic E-state index is 0.241. The van der Waals surface area contributed by atoms with Crippen LogP contribution in [-0.2, 0) is 9.59 Å². The van der Waals surface area contributed by atoms with Gasteiger partial charge in [-0.15, -0.1) is 0 Å². The molecule has 0 saturated carbocycles. The van der Waals surface area contributed by atoms with Gasteiger partial charge in [0, 0.05) is 5.39 Å². The Labute approximate surface area is 203 Å². The number of carbonyl (C=O) groups is 2. The first-order valence-corrected chi connectivity index (χ1v) is 12.1. The Morgan fingerprint density at radius 3 is 2.30 bits per heavy atom. The average Bonchev–Trinajstić information content (AvgIpc) is 3.09. The normalized spacial score (nSPS) is 13.0. The molecule has 1 unspecified atom stereocenters. The molecule has 0 fully saturated rings. The van der Waals surface area contributed by atoms with E-state index in [1.165, 1.54) is 17.3 Å². The molecule has 0 saturated heterocycles. The first-order chi connectivity index (χ1) is 15.4. The standard InChI is InChI=1S/C25H30ClN3O3S/c1-14(2)16-11-12-19(18-10-8-7-9-17(16)18)29-20(26)13-27-24(29)33-25(5,6)23(32)28-21(15(3)4)22(30)31/h7-15,21H,1-6H3,(H,28,32)(H,30,31). The third-order valence-corrected chi connectivity index (χ3v) is 7.03. The molecule has 3 aromatic rings. The molecule has 3 rings (SSSR count). The van der Waals surface area contributed by atoms with Gasteiger partial charge in [-0.3, -0.25) is 9.36 Å². The predicted octanol–water partition coefficient (Wildman–Crippen LogP) is 5.90. The van der Waals surface area contributed by atoms with E-state index < -0.39 is 16.8 Å². The Hall–Kier alpha value is -2.51. The number of rotatable bonds is 8. The highest BCUT2D eigenvalue weighted by Crippen LogP contribution is 2.38. The lowest BCUT2D eigenvalue weighted by Crippen LogP contribution is -2.50. The van der Waals surface area contributed by atoms with Crippen molar-refractivity contribution >= 4 is 46.0 Å². The van der Waals surface area contributed by atoms with E-state index in [2.05, 4.69) is 42.3 Å². The molecule has 0 aliphatic carbocycles. The maximum Gasteiger partial charge on any atom is 0.326 e. The number of aliphatic carboxylic acids is 1. The van der Waals surface area contributed by atoms with Gasteiger partial charge < -0.3 is 10.4 Å². The molecule has 176 valence electrons. The quantitative estimate of drug-likeness (QED) is 0.386. The average molecular weight is 488 g/mol. The minimum Gasteiger partial charge on any atom is -0.480 e. The van der Waals surface area contributed by atoms with Gasteiger partial charge in [-0.05, 0) is 42.7 Å². The van der Waals surface area contributed by atoms with E-state index in [1.807, 2.05) is 22.8 Å². The van der Waals surface area contributed by atoms with Crippen LogP contribution >= 0.6 is 23.4 Å². The van der Waals surface area contributed by atoms with Crippen molar-refractivity contribution < 1.29 is 14.7 Å². The van der Waals surface area contributed by atoms with E-state index in [0.29, 0.717) is 16.2 Å². The van der Waals surface area contributed by atoms with Crippen LogP contribution in [0.25, 0.3) is 16.5 Å². The summed E-state index contributed by atoms with van der Waals surface area (Å²) in [5, 5.41) is 15.3. The number of amides is 1. The third-order valence-electron chi connectivity index (χ3n) is 5.60. The fraction of sp³-hybridized carbons (Fsp3) is 0.400. The van der Waals surface area contributed by atoms with E-state index in [1.54, 1.807) is 33.9 Å². The summed E-state index contributed by atoms with van der Waals surface area (Å²) in [6.07, 6.45) is 1.57. The smallest absolute Gasteiger partial charge is 0.326 e. The molecule has 1 amide bonds. The molecule has 1 heterocycles. The van der Waals surface area contributed by atoms with Crippen LogP contribution in [0.5, 0.6) is 0 Å². The number of carbonyl (C=O) groups excluding carboxylic acids is 1. The number of fused-ring (bicyclic) bond motifs is 1. The molecule has 6 nitrogen and oxygen atoms in total. The van der Waals surface area contributed by atoms with Crippen molar-refractivity contribution in [3.05, 3.63) is 53.3 Å². The summed E-state index contributed by atoms with van der Waals surface area (Å²) in [4.78, 5) is 29.0. The number of hydrogen-bond donors (Lipinski definition) is 2. The van der Waals surface area contributed by atoms with Crippen LogP contribution < -0.4 is 5.32 Å². The summed E-state index contributed by atoms with van der Waals surface area (Å²) in [5.41, 5.74) is 2.12. The number of imidazole rings is 1. The monoisotopic (exact) mass is 487 g/mol. The van der Waals surface area contributed by atoms with Gasteiger partial charge in [-0.2, -0.15) is 0 Å². The Kier molecular flexibility index (Phi) is 7.44. The van der Waals surface area contributed by atoms with Crippen molar-refractivity contribution in [2.24, 2.45) is 5.92 Å². The molecule has 0 aliphatic heterocycles. The minimum atomic E-state index is -1.06. The fourth-order valence-electron chi connectivity index (χ4n) is 3.71. The van der Waals surface area contributed by atoms with Crippen LogP contribution in [0.4, 0.5) is 0 Å². The number of hydrogen-bond acceptors (Lipinski definition) is 4. The summed E-state index contributed by atoms with van der Waals surface area (Å²) in [6, 6.07) is 11.3. The van der Waals surface area contributed by atoms with Crippen molar-refractivity contribution in [3.63, 3.8) is 0 Å². The first-order valence-electron chi connectivity index (χ1n) is 10.9. The third kappa shape index (κ3) is 5.20. The maximum absolute atomic E-state index is 13.0. The van der Waals surface area contributed by atoms with E-state index in [-0.39, 0.29) is 11.8 Å². The Bertz CT molecular complexity index is 1190. The van der Waals surface area contributed by atoms with Crippen LogP contribution in [0, 0.1) is 5.92 Å². The molecular weight excluding hydrogens is 458 g/mol. The lowest BCUT2D eigenvalue weighted by Gasteiger charge is -2.27. The van der Waals surface area contributed by atoms with E-state index in [9.17, 15) is 14.7 Å². The van der Waals surface area contributed by atoms with Crippen LogP contribution in [0.1, 0.15) is 53.0 Å². The molecule has 1 aromatic heterocycles. The maximum atomic E-state index is 13.0. The SMILES string of the molecule is CC(C)c1ccc(-n2c(Cl)cnc2SC(C)(C)C(=O)NC(C(=O)O)C(C)C)c2ccccc12. The van der Waals surface area contributed by atoms with Crippen molar-refractivity contribution in [2.45, 2.75) is 63.4 Å². The van der Waals surface area contributed by atoms with Gasteiger partial charge in [0.05, 0.1) is 16.6 Å². The number of nitrogens with zero attached hydrogens (tertiary/aromatic N) is 2. The molecule has 0 aliphatic rings. The highest BCUT2D eigenvalue weighted by molar-refractivity contribution is 8.01. The zero-order valence-electron chi connectivity index (χ0n) is 19.7. The number of carboxylic acids is 1. The van der Waals surface area contributed by atoms with Crippen molar-refractivity contribution in [3.8, 4) is 5.69 Å². The summed E-state index contributed by atoms with van der Waals surface area (Å²) in [5.74, 6) is -1.31. The number of nitrogens with one attached hydrogen (secondary N) is 1. The molecule has 0 radical (unpaired) electrons. The first kappa shape index (κ1) is 25.1. The van der Waals surface area contributed by atoms with Crippen molar-refractivity contribution in [1.29, 1.82) is 0 Å². The van der Waals surface area contributed by atoms with Gasteiger partial charge >= 0.3 is 5.97 Å². The number of benzene rings is 2. The topological polar surface area (TPSA) is 84.2 Å². The number of carboxylic acid groups (broad SMARTS) is 1. The van der Waals surface area contributed by atoms with Crippen molar-refractivity contribution in [2.75, 3.05) is 0 Å². The van der Waals surface area contributed by atoms with Crippen LogP contribution in [0.3, 0.4) is 0 Å². The molecule has 33 heavy (non-hydrogen) atoms. The zero-order valence-corrected chi connectivity index (χ0v) is 21.3. The van der Waals surface area contributed by atoms with E-state index in [4.69, 9.17) is 11.6 Å². The van der Waals surface area contributed by atoms with Gasteiger partial charge in [-0.1, -0.05) is 81.4 Å². The van der Waals surface area contributed by atoms with Crippen LogP contribution in [0.15, 0.2) is 47.8 Å². The van der Waals surface area contributed by atoms with Gasteiger partial charge in [-0.25, -0.2) is 9.78 Å². The molecule has 2 aromatic carbocycles. The summed E-state index contributed by atoms with van der Waals surface area (Å²) in [6.45, 7) is 11.3. The lowest BCUT2D eigenvalue weighted by molar-refractivity contribution is -0.143. The second-order valence-corrected chi connectivity index (χ2v) is 11.2. The van der Waals surface area contributed by atoms with Gasteiger partial charge in [0.15, 0.2) is 5.16 Å². The summed E-state index contributed by atoms with van der Waals surface area (Å²) >= 11 is 7.81. The Balaban J connectivity index is 2.01. The van der Waals surface area contributed by atoms with Crippen LogP contribution in [-0.4, -0.2) is 37.3 Å². The molecule has 0 spiro atoms. The summed E-state index contributed by atoms with van der Waals surface area (Å²) in [7, 11) is 0. The summed E-state index contributed by atoms with van der Waals surface area (Å²) < 4.78 is 0.855. The fourth-order valence-corrected chi connectivity index (χ4v) is 4.98.